The van der Waals surface area contributed by atoms with Crippen LogP contribution in [0, 0.1) is 0 Å². The highest BCUT2D eigenvalue weighted by Gasteiger charge is 1.98. The van der Waals surface area contributed by atoms with E-state index < -0.39 is 11.7 Å². The zero-order chi connectivity index (χ0) is 5.86. The van der Waals surface area contributed by atoms with Gasteiger partial charge in [0.2, 0.25) is 5.76 Å². The largest absolute Gasteiger partial charge is 0.363 e. The fourth-order valence-corrected chi connectivity index (χ4v) is 0.0450. The Kier molecular flexibility index (Phi) is 1.87. The van der Waals surface area contributed by atoms with Gasteiger partial charge in [0.15, 0.2) is 0 Å². The Morgan fingerprint density at radius 1 is 1.86 bits per heavy atom. The van der Waals surface area contributed by atoms with E-state index in [1.807, 2.05) is 0 Å². The number of rotatable bonds is 2. The van der Waals surface area contributed by atoms with Crippen molar-refractivity contribution in [1.29, 1.82) is 0 Å². The van der Waals surface area contributed by atoms with Gasteiger partial charge in [-0.05, 0) is 6.58 Å². The third kappa shape index (κ3) is 1.77. The standard InChI is InChI=1S/C3H5NO3/c1-2(7-6)3(4)5/h6H,1H2,(H2,4,5). The topological polar surface area (TPSA) is 72.6 Å². The molecule has 0 saturated heterocycles. The van der Waals surface area contributed by atoms with Crippen molar-refractivity contribution in [3.63, 3.8) is 0 Å². The third-order valence-electron chi connectivity index (χ3n) is 0.385. The molecular formula is C3H5NO3. The Morgan fingerprint density at radius 3 is 2.29 bits per heavy atom. The maximum Gasteiger partial charge on any atom is 0.287 e. The van der Waals surface area contributed by atoms with Gasteiger partial charge in [0.25, 0.3) is 5.91 Å². The maximum atomic E-state index is 9.77. The summed E-state index contributed by atoms with van der Waals surface area (Å²) in [5.41, 5.74) is 4.52. The van der Waals surface area contributed by atoms with E-state index in [0.717, 1.165) is 0 Å². The first kappa shape index (κ1) is 5.97. The summed E-state index contributed by atoms with van der Waals surface area (Å²) >= 11 is 0. The molecule has 0 unspecified atom stereocenters. The molecule has 0 rings (SSSR count). The molecule has 0 aromatic carbocycles. The highest BCUT2D eigenvalue weighted by molar-refractivity contribution is 5.88. The van der Waals surface area contributed by atoms with E-state index in [1.54, 1.807) is 0 Å². The van der Waals surface area contributed by atoms with Crippen molar-refractivity contribution in [2.45, 2.75) is 0 Å². The average molecular weight is 103 g/mol. The van der Waals surface area contributed by atoms with E-state index in [4.69, 9.17) is 5.26 Å². The van der Waals surface area contributed by atoms with Crippen LogP contribution in [0.25, 0.3) is 0 Å². The first-order chi connectivity index (χ1) is 3.18. The molecule has 1 amide bonds. The summed E-state index contributed by atoms with van der Waals surface area (Å²) in [4.78, 5) is 13.1. The van der Waals surface area contributed by atoms with Gasteiger partial charge in [0, 0.05) is 0 Å². The molecule has 3 N–H and O–H groups in total. The average Bonchev–Trinajstić information content (AvgIpc) is 1.65. The van der Waals surface area contributed by atoms with Crippen molar-refractivity contribution in [3.8, 4) is 0 Å². The lowest BCUT2D eigenvalue weighted by atomic mass is 10.6. The fourth-order valence-electron chi connectivity index (χ4n) is 0.0450. The van der Waals surface area contributed by atoms with Crippen molar-refractivity contribution < 1.29 is 14.9 Å². The van der Waals surface area contributed by atoms with Crippen LogP contribution in [0.3, 0.4) is 0 Å². The van der Waals surface area contributed by atoms with Crippen LogP contribution >= 0.6 is 0 Å². The second-order valence-corrected chi connectivity index (χ2v) is 0.879. The maximum absolute atomic E-state index is 9.77. The lowest BCUT2D eigenvalue weighted by Gasteiger charge is -1.90. The Bertz CT molecular complexity index is 98.4. The smallest absolute Gasteiger partial charge is 0.287 e. The van der Waals surface area contributed by atoms with E-state index in [9.17, 15) is 4.79 Å². The quantitative estimate of drug-likeness (QED) is 0.213. The van der Waals surface area contributed by atoms with Crippen molar-refractivity contribution in [3.05, 3.63) is 12.3 Å². The molecule has 0 bridgehead atoms. The van der Waals surface area contributed by atoms with E-state index in [2.05, 4.69) is 17.2 Å². The second-order valence-electron chi connectivity index (χ2n) is 0.879. The van der Waals surface area contributed by atoms with Crippen LogP contribution in [0.15, 0.2) is 12.3 Å². The summed E-state index contributed by atoms with van der Waals surface area (Å²) in [6.45, 7) is 2.93. The minimum absolute atomic E-state index is 0.458. The van der Waals surface area contributed by atoms with Crippen LogP contribution in [-0.4, -0.2) is 11.2 Å². The molecule has 40 valence electrons. The SMILES string of the molecule is C=C(OO)C(N)=O. The summed E-state index contributed by atoms with van der Waals surface area (Å²) in [5, 5.41) is 7.60. The van der Waals surface area contributed by atoms with Gasteiger partial charge in [-0.2, -0.15) is 0 Å². The van der Waals surface area contributed by atoms with Gasteiger partial charge in [-0.3, -0.25) is 4.79 Å². The van der Waals surface area contributed by atoms with Crippen LogP contribution in [0.2, 0.25) is 0 Å². The molecule has 0 aromatic heterocycles. The molecule has 0 radical (unpaired) electrons. The molecule has 0 heterocycles. The van der Waals surface area contributed by atoms with Gasteiger partial charge < -0.3 is 10.6 Å². The molecule has 0 spiro atoms. The molecule has 0 fully saturated rings. The lowest BCUT2D eigenvalue weighted by molar-refractivity contribution is -0.204. The van der Waals surface area contributed by atoms with Crippen molar-refractivity contribution in [2.75, 3.05) is 0 Å². The summed E-state index contributed by atoms with van der Waals surface area (Å²) < 4.78 is 0. The van der Waals surface area contributed by atoms with Crippen LogP contribution in [0.1, 0.15) is 0 Å². The highest BCUT2D eigenvalue weighted by Crippen LogP contribution is 1.83. The van der Waals surface area contributed by atoms with Gasteiger partial charge >= 0.3 is 0 Å². The summed E-state index contributed by atoms with van der Waals surface area (Å²) in [7, 11) is 0. The van der Waals surface area contributed by atoms with Gasteiger partial charge in [-0.15, -0.1) is 0 Å². The van der Waals surface area contributed by atoms with Crippen molar-refractivity contribution in [2.24, 2.45) is 5.73 Å². The summed E-state index contributed by atoms with van der Waals surface area (Å²) in [6, 6.07) is 0. The zero-order valence-corrected chi connectivity index (χ0v) is 3.55. The fraction of sp³-hybridized carbons (Fsp3) is 0. The van der Waals surface area contributed by atoms with Crippen molar-refractivity contribution >= 4 is 5.91 Å². The summed E-state index contributed by atoms with van der Waals surface area (Å²) in [6.07, 6.45) is 0. The molecule has 0 atom stereocenters. The Balaban J connectivity index is 3.58. The first-order valence-corrected chi connectivity index (χ1v) is 1.48. The zero-order valence-electron chi connectivity index (χ0n) is 3.55. The molecule has 0 saturated carbocycles. The van der Waals surface area contributed by atoms with E-state index in [0.29, 0.717) is 0 Å². The van der Waals surface area contributed by atoms with Crippen LogP contribution < -0.4 is 5.73 Å². The Labute approximate surface area is 40.1 Å². The predicted octanol–water partition coefficient (Wildman–Crippen LogP) is -0.525. The van der Waals surface area contributed by atoms with Crippen LogP contribution in [0.5, 0.6) is 0 Å². The van der Waals surface area contributed by atoms with Gasteiger partial charge in [0.05, 0.1) is 0 Å². The molecule has 4 nitrogen and oxygen atoms in total. The molecular weight excluding hydrogens is 98.0 g/mol. The molecule has 7 heavy (non-hydrogen) atoms. The number of hydrogen-bond donors (Lipinski definition) is 2. The number of hydrogen-bond acceptors (Lipinski definition) is 3. The number of carbonyl (C=O) groups is 1. The van der Waals surface area contributed by atoms with Gasteiger partial charge in [-0.1, -0.05) is 0 Å². The minimum Gasteiger partial charge on any atom is -0.363 e. The van der Waals surface area contributed by atoms with Crippen molar-refractivity contribution in [1.82, 2.24) is 0 Å². The number of nitrogens with two attached hydrogens (primary N) is 1. The number of amides is 1. The highest BCUT2D eigenvalue weighted by atomic mass is 17.1. The monoisotopic (exact) mass is 103 g/mol. The number of primary amides is 1. The molecule has 4 heteroatoms. The minimum atomic E-state index is -0.873. The van der Waals surface area contributed by atoms with Gasteiger partial charge in [0.1, 0.15) is 0 Å². The van der Waals surface area contributed by atoms with Crippen LogP contribution in [0.4, 0.5) is 0 Å². The van der Waals surface area contributed by atoms with E-state index >= 15 is 0 Å². The normalized spacial score (nSPS) is 7.57. The lowest BCUT2D eigenvalue weighted by Crippen LogP contribution is -2.13. The Hall–Kier alpha value is -1.03. The second kappa shape index (κ2) is 2.20. The Morgan fingerprint density at radius 2 is 2.29 bits per heavy atom. The molecule has 0 aromatic rings. The van der Waals surface area contributed by atoms with Gasteiger partial charge in [-0.25, -0.2) is 5.26 Å². The molecule has 0 aliphatic heterocycles. The molecule has 0 aliphatic rings. The summed E-state index contributed by atoms with van der Waals surface area (Å²) in [5.74, 6) is -1.33. The van der Waals surface area contributed by atoms with E-state index in [-0.39, 0.29) is 0 Å². The predicted molar refractivity (Wildman–Crippen MR) is 22.0 cm³/mol. The molecule has 0 aliphatic carbocycles. The number of carbonyl (C=O) groups excluding carboxylic acids is 1. The van der Waals surface area contributed by atoms with Crippen LogP contribution in [-0.2, 0) is 9.68 Å². The third-order valence-corrected chi connectivity index (χ3v) is 0.385. The van der Waals surface area contributed by atoms with E-state index in [1.165, 1.54) is 0 Å². The first-order valence-electron chi connectivity index (χ1n) is 1.48.